The summed E-state index contributed by atoms with van der Waals surface area (Å²) < 4.78 is 1.18. The number of halogens is 2. The minimum Gasteiger partial charge on any atom is -0.143 e. The van der Waals surface area contributed by atoms with Crippen LogP contribution in [-0.2, 0) is 12.8 Å². The number of aryl methyl sites for hydroxylation is 3. The molecule has 2 aromatic heterocycles. The van der Waals surface area contributed by atoms with E-state index in [1.165, 1.54) is 51.2 Å². The Morgan fingerprint density at radius 1 is 1.11 bits per heavy atom. The van der Waals surface area contributed by atoms with Gasteiger partial charge in [-0.05, 0) is 66.2 Å². The number of rotatable bonds is 2. The second kappa shape index (κ2) is 5.88. The van der Waals surface area contributed by atoms with Crippen molar-refractivity contribution in [1.82, 2.24) is 0 Å². The molecule has 0 N–H and O–H groups in total. The van der Waals surface area contributed by atoms with Crippen LogP contribution in [0.2, 0.25) is 0 Å². The lowest BCUT2D eigenvalue weighted by Gasteiger charge is -2.03. The zero-order valence-electron chi connectivity index (χ0n) is 10.8. The van der Waals surface area contributed by atoms with E-state index in [4.69, 9.17) is 11.6 Å². The quantitative estimate of drug-likeness (QED) is 0.416. The maximum atomic E-state index is 6.68. The first kappa shape index (κ1) is 14.1. The molecule has 19 heavy (non-hydrogen) atoms. The van der Waals surface area contributed by atoms with E-state index >= 15 is 0 Å². The van der Waals surface area contributed by atoms with Gasteiger partial charge in [-0.25, -0.2) is 0 Å². The summed E-state index contributed by atoms with van der Waals surface area (Å²) in [7, 11) is 0. The Kier molecular flexibility index (Phi) is 4.37. The van der Waals surface area contributed by atoms with Crippen molar-refractivity contribution in [2.24, 2.45) is 0 Å². The number of thiophene rings is 2. The molecule has 0 aromatic carbocycles. The number of hydrogen-bond donors (Lipinski definition) is 0. The summed E-state index contributed by atoms with van der Waals surface area (Å²) in [5.41, 5.74) is 1.55. The maximum absolute atomic E-state index is 6.68. The van der Waals surface area contributed by atoms with Crippen molar-refractivity contribution in [3.05, 3.63) is 41.7 Å². The molecule has 1 aliphatic carbocycles. The molecule has 0 amide bonds. The molecule has 2 aromatic rings. The fourth-order valence-corrected chi connectivity index (χ4v) is 5.84. The average molecular weight is 376 g/mol. The van der Waals surface area contributed by atoms with Crippen molar-refractivity contribution in [1.29, 1.82) is 0 Å². The summed E-state index contributed by atoms with van der Waals surface area (Å²) in [6, 6.07) is 4.52. The van der Waals surface area contributed by atoms with Crippen molar-refractivity contribution in [2.45, 2.75) is 44.4 Å². The van der Waals surface area contributed by atoms with Gasteiger partial charge in [0, 0.05) is 24.0 Å². The fraction of sp³-hybridized carbons (Fsp3) is 0.467. The molecule has 0 spiro atoms. The molecule has 4 heteroatoms. The molecule has 2 heterocycles. The molecule has 1 atom stereocenters. The summed E-state index contributed by atoms with van der Waals surface area (Å²) in [6.07, 6.45) is 6.53. The van der Waals surface area contributed by atoms with Gasteiger partial charge in [0.1, 0.15) is 5.38 Å². The maximum Gasteiger partial charge on any atom is 0.102 e. The molecular weight excluding hydrogens is 360 g/mol. The highest BCUT2D eigenvalue weighted by molar-refractivity contribution is 9.10. The molecule has 0 radical (unpaired) electrons. The predicted octanol–water partition coefficient (Wildman–Crippen LogP) is 6.48. The van der Waals surface area contributed by atoms with Crippen LogP contribution in [0.1, 0.15) is 49.7 Å². The van der Waals surface area contributed by atoms with Crippen LogP contribution in [0, 0.1) is 6.92 Å². The van der Waals surface area contributed by atoms with Gasteiger partial charge in [-0.1, -0.05) is 6.42 Å². The highest BCUT2D eigenvalue weighted by Crippen LogP contribution is 2.42. The van der Waals surface area contributed by atoms with Crippen LogP contribution in [0.4, 0.5) is 0 Å². The van der Waals surface area contributed by atoms with E-state index in [-0.39, 0.29) is 5.38 Å². The van der Waals surface area contributed by atoms with E-state index in [9.17, 15) is 0 Å². The molecule has 1 aliphatic rings. The summed E-state index contributed by atoms with van der Waals surface area (Å²) in [6.45, 7) is 2.13. The number of fused-ring (bicyclic) bond motifs is 1. The molecule has 3 rings (SSSR count). The van der Waals surface area contributed by atoms with Crippen LogP contribution in [0.5, 0.6) is 0 Å². The molecular formula is C15H16BrClS2. The van der Waals surface area contributed by atoms with Crippen molar-refractivity contribution in [3.63, 3.8) is 0 Å². The van der Waals surface area contributed by atoms with E-state index < -0.39 is 0 Å². The Bertz CT molecular complexity index is 542. The van der Waals surface area contributed by atoms with Crippen LogP contribution in [0.25, 0.3) is 0 Å². The van der Waals surface area contributed by atoms with E-state index in [0.717, 1.165) is 0 Å². The van der Waals surface area contributed by atoms with Crippen molar-refractivity contribution >= 4 is 50.2 Å². The Hall–Kier alpha value is 0.170. The average Bonchev–Trinajstić information content (AvgIpc) is 2.87. The van der Waals surface area contributed by atoms with Crippen LogP contribution >= 0.6 is 50.2 Å². The predicted molar refractivity (Wildman–Crippen MR) is 90.0 cm³/mol. The van der Waals surface area contributed by atoms with Crippen LogP contribution in [0.3, 0.4) is 0 Å². The molecule has 0 fully saturated rings. The van der Waals surface area contributed by atoms with E-state index in [1.54, 1.807) is 21.8 Å². The molecule has 0 aliphatic heterocycles. The first-order valence-electron chi connectivity index (χ1n) is 6.66. The van der Waals surface area contributed by atoms with Crippen molar-refractivity contribution < 1.29 is 0 Å². The Balaban J connectivity index is 1.89. The van der Waals surface area contributed by atoms with Crippen molar-refractivity contribution in [2.75, 3.05) is 0 Å². The van der Waals surface area contributed by atoms with Gasteiger partial charge in [-0.15, -0.1) is 34.3 Å². The lowest BCUT2D eigenvalue weighted by Crippen LogP contribution is -1.86. The summed E-state index contributed by atoms with van der Waals surface area (Å²) in [5, 5.41) is 0.0203. The first-order valence-corrected chi connectivity index (χ1v) is 9.53. The van der Waals surface area contributed by atoms with E-state index in [0.29, 0.717) is 0 Å². The molecule has 102 valence electrons. The third-order valence-electron chi connectivity index (χ3n) is 3.64. The van der Waals surface area contributed by atoms with Crippen LogP contribution in [0.15, 0.2) is 16.6 Å². The second-order valence-electron chi connectivity index (χ2n) is 5.07. The fourth-order valence-electron chi connectivity index (χ4n) is 2.56. The smallest absolute Gasteiger partial charge is 0.102 e. The minimum absolute atomic E-state index is 0.0203. The summed E-state index contributed by atoms with van der Waals surface area (Å²) in [5.74, 6) is 0. The SMILES string of the molecule is Cc1sc(C(Cl)c2cc3c(s2)CCCCC3)cc1Br. The monoisotopic (exact) mass is 374 g/mol. The normalized spacial score (nSPS) is 17.0. The van der Waals surface area contributed by atoms with Gasteiger partial charge in [-0.3, -0.25) is 0 Å². The number of alkyl halides is 1. The molecule has 0 saturated heterocycles. The zero-order chi connectivity index (χ0) is 13.4. The van der Waals surface area contributed by atoms with Gasteiger partial charge >= 0.3 is 0 Å². The molecule has 0 saturated carbocycles. The topological polar surface area (TPSA) is 0 Å². The van der Waals surface area contributed by atoms with Crippen LogP contribution < -0.4 is 0 Å². The summed E-state index contributed by atoms with van der Waals surface area (Å²) >= 11 is 14.0. The molecule has 0 bridgehead atoms. The van der Waals surface area contributed by atoms with Gasteiger partial charge in [-0.2, -0.15) is 0 Å². The van der Waals surface area contributed by atoms with Crippen molar-refractivity contribution in [3.8, 4) is 0 Å². The Labute approximate surface area is 135 Å². The van der Waals surface area contributed by atoms with Gasteiger partial charge in [0.2, 0.25) is 0 Å². The second-order valence-corrected chi connectivity index (χ2v) is 8.82. The van der Waals surface area contributed by atoms with Gasteiger partial charge in [0.25, 0.3) is 0 Å². The van der Waals surface area contributed by atoms with E-state index in [2.05, 4.69) is 35.0 Å². The zero-order valence-corrected chi connectivity index (χ0v) is 14.8. The molecule has 0 nitrogen and oxygen atoms in total. The number of hydrogen-bond acceptors (Lipinski definition) is 2. The Morgan fingerprint density at radius 2 is 1.84 bits per heavy atom. The highest BCUT2D eigenvalue weighted by Gasteiger charge is 2.20. The summed E-state index contributed by atoms with van der Waals surface area (Å²) in [4.78, 5) is 5.45. The third-order valence-corrected chi connectivity index (χ3v) is 7.87. The standard InChI is InChI=1S/C15H16BrClS2/c1-9-11(16)8-14(18-9)15(17)13-7-10-5-3-2-4-6-12(10)19-13/h7-8,15H,2-6H2,1H3. The lowest BCUT2D eigenvalue weighted by molar-refractivity contribution is 0.712. The lowest BCUT2D eigenvalue weighted by atomic mass is 10.1. The highest BCUT2D eigenvalue weighted by atomic mass is 79.9. The minimum atomic E-state index is 0.0203. The van der Waals surface area contributed by atoms with Crippen LogP contribution in [-0.4, -0.2) is 0 Å². The largest absolute Gasteiger partial charge is 0.143 e. The molecule has 1 unspecified atom stereocenters. The van der Waals surface area contributed by atoms with E-state index in [1.807, 2.05) is 11.3 Å². The third kappa shape index (κ3) is 2.94. The first-order chi connectivity index (χ1) is 9.15. The van der Waals surface area contributed by atoms with Gasteiger partial charge in [0.15, 0.2) is 0 Å². The van der Waals surface area contributed by atoms with Gasteiger partial charge < -0.3 is 0 Å². The van der Waals surface area contributed by atoms with Gasteiger partial charge in [0.05, 0.1) is 0 Å². The Morgan fingerprint density at radius 3 is 2.58 bits per heavy atom.